The molecule has 0 aliphatic rings. The first-order valence-corrected chi connectivity index (χ1v) is 7.62. The van der Waals surface area contributed by atoms with Crippen molar-refractivity contribution >= 4 is 12.1 Å². The van der Waals surface area contributed by atoms with E-state index in [1.54, 1.807) is 6.21 Å². The highest BCUT2D eigenvalue weighted by molar-refractivity contribution is 5.85. The number of ether oxygens (including phenoxy) is 1. The molecule has 2 aromatic carbocycles. The van der Waals surface area contributed by atoms with Gasteiger partial charge >= 0.3 is 0 Å². The van der Waals surface area contributed by atoms with Crippen molar-refractivity contribution in [2.24, 2.45) is 5.10 Å². The van der Waals surface area contributed by atoms with Gasteiger partial charge < -0.3 is 4.74 Å². The van der Waals surface area contributed by atoms with E-state index in [1.165, 1.54) is 12.7 Å². The molecule has 0 aliphatic carbocycles. The molecule has 4 nitrogen and oxygen atoms in total. The summed E-state index contributed by atoms with van der Waals surface area (Å²) in [6, 6.07) is 17.4. The van der Waals surface area contributed by atoms with Crippen molar-refractivity contribution in [2.45, 2.75) is 25.9 Å². The third-order valence-electron chi connectivity index (χ3n) is 3.57. The molecule has 1 atom stereocenters. The number of methoxy groups -OCH3 is 1. The van der Waals surface area contributed by atoms with Crippen LogP contribution < -0.4 is 5.43 Å². The molecule has 0 spiro atoms. The molecular weight excluding hydrogens is 288 g/mol. The van der Waals surface area contributed by atoms with E-state index in [9.17, 15) is 4.79 Å². The molecule has 0 heterocycles. The number of benzene rings is 2. The van der Waals surface area contributed by atoms with Crippen LogP contribution in [-0.2, 0) is 9.53 Å². The van der Waals surface area contributed by atoms with E-state index in [-0.39, 0.29) is 5.91 Å². The molecule has 0 saturated heterocycles. The van der Waals surface area contributed by atoms with Crippen molar-refractivity contribution in [1.82, 2.24) is 5.43 Å². The molecule has 2 rings (SSSR count). The van der Waals surface area contributed by atoms with Gasteiger partial charge in [0.1, 0.15) is 0 Å². The summed E-state index contributed by atoms with van der Waals surface area (Å²) in [5.41, 5.74) is 5.53. The number of nitrogens with zero attached hydrogens (tertiary/aromatic N) is 1. The fourth-order valence-electron chi connectivity index (χ4n) is 2.22. The average Bonchev–Trinajstić information content (AvgIpc) is 2.57. The van der Waals surface area contributed by atoms with Crippen LogP contribution in [0.15, 0.2) is 59.7 Å². The number of hydrogen-bond donors (Lipinski definition) is 1. The maximum absolute atomic E-state index is 12.2. The Morgan fingerprint density at radius 1 is 1.04 bits per heavy atom. The minimum Gasteiger partial charge on any atom is -0.367 e. The normalized spacial score (nSPS) is 12.5. The standard InChI is InChI=1S/C19H22N2O2/c1-14(2)16-11-9-15(10-12-16)13-20-21-19(22)18(23-3)17-7-5-4-6-8-17/h4-14,18H,1-3H3,(H,21,22)/b20-13-/t18-/m1/s1. The molecule has 0 unspecified atom stereocenters. The monoisotopic (exact) mass is 310 g/mol. The van der Waals surface area contributed by atoms with Crippen molar-refractivity contribution in [1.29, 1.82) is 0 Å². The third-order valence-corrected chi connectivity index (χ3v) is 3.57. The number of carbonyl (C=O) groups excluding carboxylic acids is 1. The first kappa shape index (κ1) is 16.9. The Morgan fingerprint density at radius 3 is 2.26 bits per heavy atom. The van der Waals surface area contributed by atoms with E-state index in [0.29, 0.717) is 5.92 Å². The topological polar surface area (TPSA) is 50.7 Å². The second-order valence-corrected chi connectivity index (χ2v) is 5.58. The zero-order chi connectivity index (χ0) is 16.7. The Labute approximate surface area is 137 Å². The molecule has 1 N–H and O–H groups in total. The first-order valence-electron chi connectivity index (χ1n) is 7.62. The van der Waals surface area contributed by atoms with Crippen molar-refractivity contribution in [2.75, 3.05) is 7.11 Å². The summed E-state index contributed by atoms with van der Waals surface area (Å²) in [6.07, 6.45) is 0.955. The molecule has 1 amide bonds. The summed E-state index contributed by atoms with van der Waals surface area (Å²) in [5, 5.41) is 4.01. The van der Waals surface area contributed by atoms with Gasteiger partial charge in [0, 0.05) is 7.11 Å². The number of hydrazone groups is 1. The molecule has 0 radical (unpaired) electrons. The number of carbonyl (C=O) groups is 1. The van der Waals surface area contributed by atoms with Crippen LogP contribution in [0.25, 0.3) is 0 Å². The third kappa shape index (κ3) is 4.76. The van der Waals surface area contributed by atoms with E-state index in [4.69, 9.17) is 4.74 Å². The van der Waals surface area contributed by atoms with Crippen LogP contribution in [0, 0.1) is 0 Å². The number of amides is 1. The molecule has 0 fully saturated rings. The Kier molecular flexibility index (Phi) is 6.06. The van der Waals surface area contributed by atoms with Gasteiger partial charge in [0.2, 0.25) is 0 Å². The maximum atomic E-state index is 12.2. The summed E-state index contributed by atoms with van der Waals surface area (Å²) >= 11 is 0. The fourth-order valence-corrected chi connectivity index (χ4v) is 2.22. The lowest BCUT2D eigenvalue weighted by Gasteiger charge is -2.13. The SMILES string of the molecule is CO[C@@H](C(=O)N/N=C\c1ccc(C(C)C)cc1)c1ccccc1. The van der Waals surface area contributed by atoms with E-state index < -0.39 is 6.10 Å². The Bertz CT molecular complexity index is 649. The second-order valence-electron chi connectivity index (χ2n) is 5.58. The number of hydrogen-bond acceptors (Lipinski definition) is 3. The van der Waals surface area contributed by atoms with Gasteiger partial charge in [-0.25, -0.2) is 5.43 Å². The molecule has 120 valence electrons. The molecule has 0 saturated carbocycles. The van der Waals surface area contributed by atoms with Gasteiger partial charge in [-0.3, -0.25) is 4.79 Å². The van der Waals surface area contributed by atoms with E-state index >= 15 is 0 Å². The van der Waals surface area contributed by atoms with Crippen molar-refractivity contribution < 1.29 is 9.53 Å². The predicted molar refractivity (Wildman–Crippen MR) is 92.5 cm³/mol. The predicted octanol–water partition coefficient (Wildman–Crippen LogP) is 3.65. The van der Waals surface area contributed by atoms with E-state index in [0.717, 1.165) is 11.1 Å². The number of rotatable bonds is 6. The minimum absolute atomic E-state index is 0.297. The van der Waals surface area contributed by atoms with Crippen LogP contribution in [0.3, 0.4) is 0 Å². The lowest BCUT2D eigenvalue weighted by molar-refractivity contribution is -0.131. The van der Waals surface area contributed by atoms with Crippen LogP contribution in [0.5, 0.6) is 0 Å². The minimum atomic E-state index is -0.670. The van der Waals surface area contributed by atoms with Crippen LogP contribution in [0.2, 0.25) is 0 Å². The summed E-state index contributed by atoms with van der Waals surface area (Å²) in [5.74, 6) is 0.197. The molecule has 2 aromatic rings. The van der Waals surface area contributed by atoms with Crippen LogP contribution >= 0.6 is 0 Å². The Hall–Kier alpha value is -2.46. The summed E-state index contributed by atoms with van der Waals surface area (Å²) in [7, 11) is 1.51. The quantitative estimate of drug-likeness (QED) is 0.654. The first-order chi connectivity index (χ1) is 11.1. The highest BCUT2D eigenvalue weighted by Crippen LogP contribution is 2.16. The molecule has 0 bridgehead atoms. The van der Waals surface area contributed by atoms with Gasteiger partial charge in [0.25, 0.3) is 5.91 Å². The van der Waals surface area contributed by atoms with E-state index in [1.807, 2.05) is 42.5 Å². The average molecular weight is 310 g/mol. The lowest BCUT2D eigenvalue weighted by Crippen LogP contribution is -2.26. The van der Waals surface area contributed by atoms with Crippen LogP contribution in [-0.4, -0.2) is 19.2 Å². The Balaban J connectivity index is 1.97. The smallest absolute Gasteiger partial charge is 0.273 e. The zero-order valence-electron chi connectivity index (χ0n) is 13.7. The Morgan fingerprint density at radius 2 is 1.70 bits per heavy atom. The van der Waals surface area contributed by atoms with Gasteiger partial charge in [-0.2, -0.15) is 5.10 Å². The summed E-state index contributed by atoms with van der Waals surface area (Å²) in [4.78, 5) is 12.2. The second kappa shape index (κ2) is 8.25. The summed E-state index contributed by atoms with van der Waals surface area (Å²) < 4.78 is 5.26. The van der Waals surface area contributed by atoms with Crippen molar-refractivity contribution in [3.8, 4) is 0 Å². The number of nitrogens with one attached hydrogen (secondary N) is 1. The lowest BCUT2D eigenvalue weighted by atomic mass is 10.0. The largest absolute Gasteiger partial charge is 0.367 e. The maximum Gasteiger partial charge on any atom is 0.273 e. The highest BCUT2D eigenvalue weighted by atomic mass is 16.5. The van der Waals surface area contributed by atoms with Crippen molar-refractivity contribution in [3.05, 3.63) is 71.3 Å². The van der Waals surface area contributed by atoms with Crippen LogP contribution in [0.1, 0.15) is 42.6 Å². The summed E-state index contributed by atoms with van der Waals surface area (Å²) in [6.45, 7) is 4.30. The highest BCUT2D eigenvalue weighted by Gasteiger charge is 2.18. The van der Waals surface area contributed by atoms with Crippen LogP contribution in [0.4, 0.5) is 0 Å². The van der Waals surface area contributed by atoms with Crippen molar-refractivity contribution in [3.63, 3.8) is 0 Å². The molecule has 0 aromatic heterocycles. The zero-order valence-corrected chi connectivity index (χ0v) is 13.7. The van der Waals surface area contributed by atoms with Gasteiger partial charge in [-0.05, 0) is 22.6 Å². The van der Waals surface area contributed by atoms with E-state index in [2.05, 4.69) is 36.5 Å². The van der Waals surface area contributed by atoms with Gasteiger partial charge in [-0.15, -0.1) is 0 Å². The molecule has 23 heavy (non-hydrogen) atoms. The van der Waals surface area contributed by atoms with Gasteiger partial charge in [0.05, 0.1) is 6.21 Å². The molecular formula is C19H22N2O2. The molecule has 0 aliphatic heterocycles. The van der Waals surface area contributed by atoms with Gasteiger partial charge in [0.15, 0.2) is 6.10 Å². The van der Waals surface area contributed by atoms with Gasteiger partial charge in [-0.1, -0.05) is 68.4 Å². The molecule has 4 heteroatoms. The fraction of sp³-hybridized carbons (Fsp3) is 0.263.